The first-order valence-corrected chi connectivity index (χ1v) is 14.9. The van der Waals surface area contributed by atoms with Crippen molar-refractivity contribution >= 4 is 45.5 Å². The molecule has 42 heavy (non-hydrogen) atoms. The molecule has 0 radical (unpaired) electrons. The van der Waals surface area contributed by atoms with Crippen molar-refractivity contribution in [2.75, 3.05) is 33.4 Å². The maximum Gasteiger partial charge on any atom is 0.290 e. The average molecular weight is 658 g/mol. The molecule has 1 amide bonds. The van der Waals surface area contributed by atoms with E-state index in [1.54, 1.807) is 25.3 Å². The fourth-order valence-electron chi connectivity index (χ4n) is 4.77. The second kappa shape index (κ2) is 15.6. The molecule has 3 aromatic rings. The van der Waals surface area contributed by atoms with E-state index >= 15 is 0 Å². The van der Waals surface area contributed by atoms with Gasteiger partial charge in [-0.3, -0.25) is 9.59 Å². The third-order valence-corrected chi connectivity index (χ3v) is 7.97. The summed E-state index contributed by atoms with van der Waals surface area (Å²) in [7, 11) is 1.59. The first-order valence-electron chi connectivity index (χ1n) is 13.7. The molecular formula is C32H34BrClN2O6. The van der Waals surface area contributed by atoms with Crippen molar-refractivity contribution in [1.29, 1.82) is 0 Å². The summed E-state index contributed by atoms with van der Waals surface area (Å²) >= 11 is 9.71. The number of carbonyl (C=O) groups is 2. The van der Waals surface area contributed by atoms with Crippen LogP contribution < -0.4 is 19.5 Å². The monoisotopic (exact) mass is 656 g/mol. The molecule has 1 aliphatic heterocycles. The van der Waals surface area contributed by atoms with E-state index in [-0.39, 0.29) is 12.4 Å². The van der Waals surface area contributed by atoms with Gasteiger partial charge in [0.05, 0.1) is 7.11 Å². The van der Waals surface area contributed by atoms with E-state index in [9.17, 15) is 4.79 Å². The van der Waals surface area contributed by atoms with E-state index in [0.29, 0.717) is 48.9 Å². The molecule has 2 aliphatic rings. The fourth-order valence-corrected chi connectivity index (χ4v) is 5.34. The molecule has 2 N–H and O–H groups in total. The zero-order valence-electron chi connectivity index (χ0n) is 23.4. The third-order valence-electron chi connectivity index (χ3n) is 6.96. The van der Waals surface area contributed by atoms with E-state index < -0.39 is 0 Å². The summed E-state index contributed by atoms with van der Waals surface area (Å²) in [5.41, 5.74) is 4.16. The number of halogens is 2. The normalized spacial score (nSPS) is 14.4. The molecule has 0 bridgehead atoms. The highest BCUT2D eigenvalue weighted by molar-refractivity contribution is 9.10. The molecule has 222 valence electrons. The van der Waals surface area contributed by atoms with Crippen LogP contribution in [0.4, 0.5) is 0 Å². The van der Waals surface area contributed by atoms with Crippen LogP contribution in [0.15, 0.2) is 76.8 Å². The molecule has 3 aromatic carbocycles. The van der Waals surface area contributed by atoms with Crippen molar-refractivity contribution in [1.82, 2.24) is 10.2 Å². The van der Waals surface area contributed by atoms with Crippen LogP contribution in [-0.4, -0.2) is 61.8 Å². The number of carbonyl (C=O) groups excluding carboxylic acids is 1. The van der Waals surface area contributed by atoms with Gasteiger partial charge in [-0.15, -0.1) is 0 Å². The number of nitrogens with one attached hydrogen (secondary N) is 1. The van der Waals surface area contributed by atoms with E-state index in [4.69, 9.17) is 35.7 Å². The van der Waals surface area contributed by atoms with Crippen molar-refractivity contribution in [3.05, 3.63) is 92.9 Å². The Morgan fingerprint density at radius 3 is 2.48 bits per heavy atom. The van der Waals surface area contributed by atoms with Gasteiger partial charge >= 0.3 is 0 Å². The number of benzene rings is 3. The van der Waals surface area contributed by atoms with Crippen LogP contribution in [0.1, 0.15) is 30.4 Å². The van der Waals surface area contributed by atoms with E-state index in [1.165, 1.54) is 0 Å². The fraction of sp³-hybridized carbons (Fsp3) is 0.312. The van der Waals surface area contributed by atoms with Gasteiger partial charge in [-0.1, -0.05) is 57.9 Å². The van der Waals surface area contributed by atoms with Crippen LogP contribution in [0.5, 0.6) is 17.2 Å². The lowest BCUT2D eigenvalue weighted by atomic mass is 9.93. The number of rotatable bonds is 11. The number of carboxylic acid groups (broad SMARTS) is 1. The van der Waals surface area contributed by atoms with Gasteiger partial charge in [-0.2, -0.15) is 0 Å². The summed E-state index contributed by atoms with van der Waals surface area (Å²) in [5.74, 6) is 2.08. The maximum absolute atomic E-state index is 13.9. The lowest BCUT2D eigenvalue weighted by molar-refractivity contribution is -0.128. The minimum absolute atomic E-state index is 0.129. The highest BCUT2D eigenvalue weighted by Gasteiger charge is 2.35. The number of hydrogen-bond acceptors (Lipinski definition) is 6. The smallest absolute Gasteiger partial charge is 0.290 e. The summed E-state index contributed by atoms with van der Waals surface area (Å²) < 4.78 is 18.0. The Bertz CT molecular complexity index is 1390. The van der Waals surface area contributed by atoms with E-state index in [2.05, 4.69) is 32.2 Å². The van der Waals surface area contributed by atoms with Crippen LogP contribution >= 0.6 is 27.5 Å². The zero-order valence-corrected chi connectivity index (χ0v) is 25.7. The molecule has 1 fully saturated rings. The second-order valence-electron chi connectivity index (χ2n) is 9.76. The summed E-state index contributed by atoms with van der Waals surface area (Å²) in [6, 6.07) is 21.7. The van der Waals surface area contributed by atoms with Crippen molar-refractivity contribution in [2.45, 2.75) is 31.8 Å². The highest BCUT2D eigenvalue weighted by Crippen LogP contribution is 2.34. The number of ether oxygens (including phenoxy) is 3. The number of methoxy groups -OCH3 is 1. The average Bonchev–Trinajstić information content (AvgIpc) is 3.85. The summed E-state index contributed by atoms with van der Waals surface area (Å²) in [6.45, 7) is 2.51. The topological polar surface area (TPSA) is 97.3 Å². The second-order valence-corrected chi connectivity index (χ2v) is 11.1. The Hall–Kier alpha value is -3.53. The van der Waals surface area contributed by atoms with Crippen LogP contribution in [0.25, 0.3) is 5.57 Å². The largest absolute Gasteiger partial charge is 0.493 e. The molecule has 1 heterocycles. The van der Waals surface area contributed by atoms with Gasteiger partial charge in [-0.25, -0.2) is 0 Å². The third kappa shape index (κ3) is 8.50. The van der Waals surface area contributed by atoms with Gasteiger partial charge in [0.25, 0.3) is 12.4 Å². The van der Waals surface area contributed by atoms with Gasteiger partial charge in [0.1, 0.15) is 19.0 Å². The molecule has 0 unspecified atom stereocenters. The van der Waals surface area contributed by atoms with Crippen LogP contribution in [0.3, 0.4) is 0 Å². The lowest BCUT2D eigenvalue weighted by Gasteiger charge is -2.28. The molecule has 1 aliphatic carbocycles. The van der Waals surface area contributed by atoms with E-state index in [0.717, 1.165) is 58.3 Å². The van der Waals surface area contributed by atoms with Crippen molar-refractivity contribution in [3.63, 3.8) is 0 Å². The van der Waals surface area contributed by atoms with Gasteiger partial charge in [-0.05, 0) is 72.8 Å². The standard InChI is InChI=1S/C31H32BrClN2O4.CH2O2/c1-37-29-13-8-23(33)18-30(29)39-17-16-38-25-11-6-21(7-12-25)26-14-15-34-19-27(26)31(36)35(24-9-10-24)20-22-4-2-3-5-28(22)32;2-1-3/h2-8,11-13,18,24,34H,9-10,14-17,19-20H2,1H3;1H,(H,2,3). The predicted octanol–water partition coefficient (Wildman–Crippen LogP) is 6.21. The Morgan fingerprint density at radius 1 is 1.07 bits per heavy atom. The first kappa shape index (κ1) is 31.4. The summed E-state index contributed by atoms with van der Waals surface area (Å²) in [4.78, 5) is 24.3. The summed E-state index contributed by atoms with van der Waals surface area (Å²) in [6.07, 6.45) is 2.93. The van der Waals surface area contributed by atoms with Gasteiger partial charge in [0.2, 0.25) is 0 Å². The van der Waals surface area contributed by atoms with Gasteiger partial charge in [0.15, 0.2) is 11.5 Å². The minimum Gasteiger partial charge on any atom is -0.493 e. The molecule has 1 saturated carbocycles. The molecule has 0 aromatic heterocycles. The number of hydrogen-bond donors (Lipinski definition) is 2. The predicted molar refractivity (Wildman–Crippen MR) is 166 cm³/mol. The SMILES string of the molecule is COc1ccc(Cl)cc1OCCOc1ccc(C2=C(C(=O)N(Cc3ccccc3Br)C3CC3)CNCC2)cc1.O=CO. The van der Waals surface area contributed by atoms with Crippen molar-refractivity contribution in [3.8, 4) is 17.2 Å². The Kier molecular flexibility index (Phi) is 11.7. The molecule has 8 nitrogen and oxygen atoms in total. The molecule has 0 spiro atoms. The van der Waals surface area contributed by atoms with Gasteiger partial charge in [0, 0.05) is 40.3 Å². The Morgan fingerprint density at radius 2 is 1.79 bits per heavy atom. The molecule has 10 heteroatoms. The highest BCUT2D eigenvalue weighted by atomic mass is 79.9. The van der Waals surface area contributed by atoms with Crippen molar-refractivity contribution in [2.24, 2.45) is 0 Å². The van der Waals surface area contributed by atoms with Crippen molar-refractivity contribution < 1.29 is 28.9 Å². The summed E-state index contributed by atoms with van der Waals surface area (Å²) in [5, 5.41) is 10.9. The number of amides is 1. The maximum atomic E-state index is 13.9. The lowest BCUT2D eigenvalue weighted by Crippen LogP contribution is -2.39. The van der Waals surface area contributed by atoms with Crippen LogP contribution in [0, 0.1) is 0 Å². The minimum atomic E-state index is -0.250. The van der Waals surface area contributed by atoms with Crippen LogP contribution in [0.2, 0.25) is 5.02 Å². The molecule has 0 saturated heterocycles. The zero-order chi connectivity index (χ0) is 29.9. The molecule has 0 atom stereocenters. The first-order chi connectivity index (χ1) is 20.4. The molecular weight excluding hydrogens is 624 g/mol. The van der Waals surface area contributed by atoms with Crippen LogP contribution in [-0.2, 0) is 16.1 Å². The quantitative estimate of drug-likeness (QED) is 0.187. The Balaban J connectivity index is 0.00000129. The van der Waals surface area contributed by atoms with E-state index in [1.807, 2.05) is 42.5 Å². The number of nitrogens with zero attached hydrogens (tertiary/aromatic N) is 1. The van der Waals surface area contributed by atoms with Gasteiger partial charge < -0.3 is 29.5 Å². The Labute approximate surface area is 259 Å². The molecule has 5 rings (SSSR count).